The summed E-state index contributed by atoms with van der Waals surface area (Å²) in [5, 5.41) is 4.18. The predicted octanol–water partition coefficient (Wildman–Crippen LogP) is 2.51. The molecule has 0 aliphatic rings. The first-order valence-corrected chi connectivity index (χ1v) is 5.13. The molecule has 0 aliphatic carbocycles. The van der Waals surface area contributed by atoms with Crippen molar-refractivity contribution in [3.05, 3.63) is 16.4 Å². The molecule has 1 heterocycles. The van der Waals surface area contributed by atoms with Crippen LogP contribution in [0.5, 0.6) is 0 Å². The minimum absolute atomic E-state index is 0.504. The van der Waals surface area contributed by atoms with Gasteiger partial charge in [-0.3, -0.25) is 4.68 Å². The zero-order valence-electron chi connectivity index (χ0n) is 6.51. The first-order valence-electron chi connectivity index (χ1n) is 3.42. The minimum atomic E-state index is 0.504. The molecule has 0 bridgehead atoms. The van der Waals surface area contributed by atoms with Crippen LogP contribution in [-0.2, 0) is 13.5 Å². The molecule has 1 rings (SSSR count). The van der Waals surface area contributed by atoms with Crippen LogP contribution in [0.1, 0.15) is 12.6 Å². The number of halogens is 2. The van der Waals surface area contributed by atoms with Crippen LogP contribution in [0, 0.1) is 0 Å². The topological polar surface area (TPSA) is 17.8 Å². The molecule has 0 radical (unpaired) electrons. The molecular weight excluding hydrogens is 272 g/mol. The second-order valence-corrected chi connectivity index (χ2v) is 4.94. The van der Waals surface area contributed by atoms with Crippen molar-refractivity contribution in [3.8, 4) is 0 Å². The van der Waals surface area contributed by atoms with Gasteiger partial charge in [-0.2, -0.15) is 5.10 Å². The lowest BCUT2D eigenvalue weighted by Gasteiger charge is -2.01. The smallest absolute Gasteiger partial charge is 0.128 e. The Hall–Kier alpha value is 0.170. The van der Waals surface area contributed by atoms with E-state index in [1.807, 2.05) is 17.8 Å². The summed E-state index contributed by atoms with van der Waals surface area (Å²) < 4.78 is 2.80. The van der Waals surface area contributed by atoms with E-state index in [-0.39, 0.29) is 0 Å². The largest absolute Gasteiger partial charge is 0.271 e. The maximum atomic E-state index is 4.18. The van der Waals surface area contributed by atoms with Crippen molar-refractivity contribution in [2.45, 2.75) is 18.2 Å². The van der Waals surface area contributed by atoms with Gasteiger partial charge in [-0.1, -0.05) is 22.9 Å². The van der Waals surface area contributed by atoms with Crippen molar-refractivity contribution in [1.82, 2.24) is 9.78 Å². The van der Waals surface area contributed by atoms with Crippen LogP contribution in [0.25, 0.3) is 0 Å². The van der Waals surface area contributed by atoms with Crippen molar-refractivity contribution < 1.29 is 0 Å². The number of hydrogen-bond donors (Lipinski definition) is 0. The lowest BCUT2D eigenvalue weighted by Crippen LogP contribution is -2.03. The molecule has 1 unspecified atom stereocenters. The number of alkyl halides is 1. The minimum Gasteiger partial charge on any atom is -0.271 e. The SMILES string of the molecule is CC(Br)Cc1cc(Br)nn1C. The van der Waals surface area contributed by atoms with Gasteiger partial charge in [-0.05, 0) is 22.0 Å². The van der Waals surface area contributed by atoms with Crippen molar-refractivity contribution >= 4 is 31.9 Å². The van der Waals surface area contributed by atoms with Gasteiger partial charge in [0.2, 0.25) is 0 Å². The Balaban J connectivity index is 2.77. The van der Waals surface area contributed by atoms with E-state index < -0.39 is 0 Å². The number of hydrogen-bond acceptors (Lipinski definition) is 1. The second-order valence-electron chi connectivity index (χ2n) is 2.57. The predicted molar refractivity (Wildman–Crippen MR) is 53.0 cm³/mol. The Labute approximate surface area is 83.2 Å². The summed E-state index contributed by atoms with van der Waals surface area (Å²) in [6.45, 7) is 2.13. The fourth-order valence-electron chi connectivity index (χ4n) is 0.947. The van der Waals surface area contributed by atoms with Gasteiger partial charge >= 0.3 is 0 Å². The average Bonchev–Trinajstić information content (AvgIpc) is 2.09. The first kappa shape index (κ1) is 9.26. The number of rotatable bonds is 2. The molecule has 0 saturated carbocycles. The first-order chi connectivity index (χ1) is 5.09. The summed E-state index contributed by atoms with van der Waals surface area (Å²) in [4.78, 5) is 0.504. The van der Waals surface area contributed by atoms with E-state index in [9.17, 15) is 0 Å². The van der Waals surface area contributed by atoms with Crippen LogP contribution in [0.2, 0.25) is 0 Å². The Morgan fingerprint density at radius 1 is 1.73 bits per heavy atom. The molecule has 0 aromatic carbocycles. The van der Waals surface area contributed by atoms with Crippen molar-refractivity contribution in [1.29, 1.82) is 0 Å². The van der Waals surface area contributed by atoms with Crippen LogP contribution < -0.4 is 0 Å². The third-order valence-electron chi connectivity index (χ3n) is 1.44. The molecule has 0 amide bonds. The van der Waals surface area contributed by atoms with Crippen molar-refractivity contribution in [3.63, 3.8) is 0 Å². The van der Waals surface area contributed by atoms with Gasteiger partial charge in [0.25, 0.3) is 0 Å². The highest BCUT2D eigenvalue weighted by Gasteiger charge is 2.04. The second kappa shape index (κ2) is 3.72. The molecular formula is C7H10Br2N2. The Bertz CT molecular complexity index is 243. The fraction of sp³-hybridized carbons (Fsp3) is 0.571. The maximum absolute atomic E-state index is 4.18. The standard InChI is InChI=1S/C7H10Br2N2/c1-5(8)3-6-4-7(9)10-11(6)2/h4-5H,3H2,1-2H3. The molecule has 62 valence electrons. The lowest BCUT2D eigenvalue weighted by atomic mass is 10.2. The third-order valence-corrected chi connectivity index (χ3v) is 2.15. The molecule has 0 saturated heterocycles. The highest BCUT2D eigenvalue weighted by molar-refractivity contribution is 9.10. The van der Waals surface area contributed by atoms with E-state index in [4.69, 9.17) is 0 Å². The third kappa shape index (κ3) is 2.60. The summed E-state index contributed by atoms with van der Waals surface area (Å²) in [5.74, 6) is 0. The van der Waals surface area contributed by atoms with E-state index >= 15 is 0 Å². The molecule has 0 aliphatic heterocycles. The van der Waals surface area contributed by atoms with Gasteiger partial charge in [0.15, 0.2) is 0 Å². The number of aryl methyl sites for hydroxylation is 1. The van der Waals surface area contributed by atoms with E-state index in [2.05, 4.69) is 43.9 Å². The molecule has 1 aromatic heterocycles. The van der Waals surface area contributed by atoms with Crippen molar-refractivity contribution in [2.24, 2.45) is 7.05 Å². The van der Waals surface area contributed by atoms with Gasteiger partial charge in [0.1, 0.15) is 4.60 Å². The monoisotopic (exact) mass is 280 g/mol. The van der Waals surface area contributed by atoms with Crippen LogP contribution in [0.15, 0.2) is 10.7 Å². The van der Waals surface area contributed by atoms with Crippen LogP contribution in [0.4, 0.5) is 0 Å². The van der Waals surface area contributed by atoms with E-state index in [0.29, 0.717) is 4.83 Å². The quantitative estimate of drug-likeness (QED) is 0.762. The number of aromatic nitrogens is 2. The Kier molecular flexibility index (Phi) is 3.13. The van der Waals surface area contributed by atoms with Gasteiger partial charge in [-0.15, -0.1) is 0 Å². The van der Waals surface area contributed by atoms with Gasteiger partial charge < -0.3 is 0 Å². The van der Waals surface area contributed by atoms with Crippen LogP contribution in [-0.4, -0.2) is 14.6 Å². The average molecular weight is 282 g/mol. The van der Waals surface area contributed by atoms with Crippen molar-refractivity contribution in [2.75, 3.05) is 0 Å². The summed E-state index contributed by atoms with van der Waals surface area (Å²) in [6.07, 6.45) is 1.01. The molecule has 1 atom stereocenters. The summed E-state index contributed by atoms with van der Waals surface area (Å²) >= 11 is 6.82. The zero-order chi connectivity index (χ0) is 8.43. The van der Waals surface area contributed by atoms with Gasteiger partial charge in [-0.25, -0.2) is 0 Å². The number of nitrogens with zero attached hydrogens (tertiary/aromatic N) is 2. The molecule has 1 aromatic rings. The van der Waals surface area contributed by atoms with E-state index in [0.717, 1.165) is 11.0 Å². The zero-order valence-corrected chi connectivity index (χ0v) is 9.68. The molecule has 0 fully saturated rings. The highest BCUT2D eigenvalue weighted by atomic mass is 79.9. The summed E-state index contributed by atoms with van der Waals surface area (Å²) in [6, 6.07) is 2.04. The molecule has 2 nitrogen and oxygen atoms in total. The van der Waals surface area contributed by atoms with Crippen LogP contribution in [0.3, 0.4) is 0 Å². The fourth-order valence-corrected chi connectivity index (χ4v) is 1.78. The summed E-state index contributed by atoms with van der Waals surface area (Å²) in [5.41, 5.74) is 1.24. The van der Waals surface area contributed by atoms with E-state index in [1.165, 1.54) is 5.69 Å². The Morgan fingerprint density at radius 2 is 2.36 bits per heavy atom. The van der Waals surface area contributed by atoms with Gasteiger partial charge in [0.05, 0.1) is 0 Å². The summed E-state index contributed by atoms with van der Waals surface area (Å²) in [7, 11) is 1.95. The van der Waals surface area contributed by atoms with Crippen LogP contribution >= 0.6 is 31.9 Å². The maximum Gasteiger partial charge on any atom is 0.128 e. The van der Waals surface area contributed by atoms with Gasteiger partial charge in [0, 0.05) is 24.0 Å². The molecule has 0 N–H and O–H groups in total. The highest BCUT2D eigenvalue weighted by Crippen LogP contribution is 2.13. The molecule has 11 heavy (non-hydrogen) atoms. The normalized spacial score (nSPS) is 13.5. The molecule has 4 heteroatoms. The molecule has 0 spiro atoms. The lowest BCUT2D eigenvalue weighted by molar-refractivity contribution is 0.700. The Morgan fingerprint density at radius 3 is 2.73 bits per heavy atom. The van der Waals surface area contributed by atoms with E-state index in [1.54, 1.807) is 0 Å².